The third kappa shape index (κ3) is 4.54. The first kappa shape index (κ1) is 20.4. The van der Waals surface area contributed by atoms with E-state index in [0.29, 0.717) is 58.5 Å². The van der Waals surface area contributed by atoms with Gasteiger partial charge in [-0.25, -0.2) is 0 Å². The highest BCUT2D eigenvalue weighted by atomic mass is 16.5. The molecule has 2 aliphatic rings. The molecule has 0 aromatic heterocycles. The number of rotatable bonds is 4. The van der Waals surface area contributed by atoms with Crippen LogP contribution >= 0.6 is 0 Å². The molecule has 2 amide bonds. The van der Waals surface area contributed by atoms with Crippen LogP contribution in [0.1, 0.15) is 48.5 Å². The Labute approximate surface area is 166 Å². The minimum absolute atomic E-state index is 0.0277. The molecule has 0 radical (unpaired) electrons. The van der Waals surface area contributed by atoms with Crippen LogP contribution in [0.15, 0.2) is 24.3 Å². The largest absolute Gasteiger partial charge is 0.466 e. The summed E-state index contributed by atoms with van der Waals surface area (Å²) >= 11 is 0. The summed E-state index contributed by atoms with van der Waals surface area (Å²) < 4.78 is 5.09. The molecular weight excluding hydrogens is 356 g/mol. The second kappa shape index (κ2) is 9.22. The zero-order valence-electron chi connectivity index (χ0n) is 16.9. The third-order valence-electron chi connectivity index (χ3n) is 5.93. The number of carbonyl (C=O) groups is 3. The van der Waals surface area contributed by atoms with Crippen LogP contribution in [0.2, 0.25) is 0 Å². The van der Waals surface area contributed by atoms with Crippen LogP contribution in [0, 0.1) is 18.8 Å². The quantitative estimate of drug-likeness (QED) is 0.746. The smallest absolute Gasteiger partial charge is 0.309 e. The molecule has 28 heavy (non-hydrogen) atoms. The van der Waals surface area contributed by atoms with Crippen molar-refractivity contribution in [2.24, 2.45) is 11.8 Å². The minimum atomic E-state index is -0.141. The first-order valence-corrected chi connectivity index (χ1v) is 10.3. The van der Waals surface area contributed by atoms with E-state index >= 15 is 0 Å². The number of amides is 2. The molecule has 2 fully saturated rings. The second-order valence-corrected chi connectivity index (χ2v) is 7.73. The molecule has 3 rings (SSSR count). The molecule has 0 N–H and O–H groups in total. The second-order valence-electron chi connectivity index (χ2n) is 7.73. The van der Waals surface area contributed by atoms with E-state index in [-0.39, 0.29) is 29.6 Å². The van der Waals surface area contributed by atoms with Crippen molar-refractivity contribution in [2.45, 2.75) is 39.5 Å². The number of benzene rings is 1. The van der Waals surface area contributed by atoms with E-state index in [1.54, 1.807) is 0 Å². The lowest BCUT2D eigenvalue weighted by Gasteiger charge is -2.37. The van der Waals surface area contributed by atoms with E-state index in [9.17, 15) is 14.4 Å². The molecular formula is C22H30N2O4. The fourth-order valence-electron chi connectivity index (χ4n) is 4.17. The van der Waals surface area contributed by atoms with Gasteiger partial charge in [-0.3, -0.25) is 14.4 Å². The number of nitrogens with zero attached hydrogens (tertiary/aromatic N) is 2. The van der Waals surface area contributed by atoms with Crippen molar-refractivity contribution in [2.75, 3.05) is 32.8 Å². The van der Waals surface area contributed by atoms with Gasteiger partial charge in [-0.05, 0) is 51.2 Å². The molecule has 0 saturated carbocycles. The molecule has 6 nitrogen and oxygen atoms in total. The predicted molar refractivity (Wildman–Crippen MR) is 106 cm³/mol. The van der Waals surface area contributed by atoms with Gasteiger partial charge in [0.25, 0.3) is 5.91 Å². The van der Waals surface area contributed by atoms with Gasteiger partial charge in [0.1, 0.15) is 0 Å². The van der Waals surface area contributed by atoms with E-state index in [1.807, 2.05) is 47.9 Å². The summed E-state index contributed by atoms with van der Waals surface area (Å²) in [5.74, 6) is -0.0279. The van der Waals surface area contributed by atoms with Crippen LogP contribution in [-0.2, 0) is 14.3 Å². The van der Waals surface area contributed by atoms with Crippen molar-refractivity contribution >= 4 is 17.8 Å². The lowest BCUT2D eigenvalue weighted by Crippen LogP contribution is -2.47. The van der Waals surface area contributed by atoms with Gasteiger partial charge < -0.3 is 14.5 Å². The van der Waals surface area contributed by atoms with Gasteiger partial charge in [0, 0.05) is 37.7 Å². The number of esters is 1. The molecule has 1 aromatic carbocycles. The highest BCUT2D eigenvalue weighted by molar-refractivity contribution is 5.95. The van der Waals surface area contributed by atoms with E-state index in [0.717, 1.165) is 11.1 Å². The van der Waals surface area contributed by atoms with E-state index in [4.69, 9.17) is 4.74 Å². The van der Waals surface area contributed by atoms with Gasteiger partial charge in [0.05, 0.1) is 12.5 Å². The van der Waals surface area contributed by atoms with Gasteiger partial charge in [0.2, 0.25) is 5.91 Å². The molecule has 1 aromatic rings. The zero-order chi connectivity index (χ0) is 20.1. The molecule has 0 unspecified atom stereocenters. The third-order valence-corrected chi connectivity index (χ3v) is 5.93. The van der Waals surface area contributed by atoms with Crippen molar-refractivity contribution in [3.05, 3.63) is 35.4 Å². The van der Waals surface area contributed by atoms with Crippen LogP contribution < -0.4 is 0 Å². The van der Waals surface area contributed by atoms with Gasteiger partial charge in [0.15, 0.2) is 0 Å². The number of ether oxygens (including phenoxy) is 1. The maximum absolute atomic E-state index is 12.9. The van der Waals surface area contributed by atoms with Crippen LogP contribution in [0.4, 0.5) is 0 Å². The fourth-order valence-corrected chi connectivity index (χ4v) is 4.17. The van der Waals surface area contributed by atoms with Gasteiger partial charge in [-0.2, -0.15) is 0 Å². The van der Waals surface area contributed by atoms with Gasteiger partial charge in [-0.1, -0.05) is 18.2 Å². The Morgan fingerprint density at radius 2 is 1.50 bits per heavy atom. The lowest BCUT2D eigenvalue weighted by molar-refractivity contribution is -0.152. The number of hydrogen-bond acceptors (Lipinski definition) is 4. The molecule has 152 valence electrons. The van der Waals surface area contributed by atoms with Crippen LogP contribution in [0.25, 0.3) is 0 Å². The highest BCUT2D eigenvalue weighted by Crippen LogP contribution is 2.25. The molecule has 2 saturated heterocycles. The number of carbonyl (C=O) groups excluding carboxylic acids is 3. The van der Waals surface area contributed by atoms with Crippen molar-refractivity contribution in [1.82, 2.24) is 9.80 Å². The first-order chi connectivity index (χ1) is 13.5. The molecule has 0 bridgehead atoms. The summed E-state index contributed by atoms with van der Waals surface area (Å²) in [7, 11) is 0. The average molecular weight is 386 g/mol. The summed E-state index contributed by atoms with van der Waals surface area (Å²) in [5, 5.41) is 0. The van der Waals surface area contributed by atoms with E-state index < -0.39 is 0 Å². The summed E-state index contributed by atoms with van der Waals surface area (Å²) in [4.78, 5) is 41.2. The lowest BCUT2D eigenvalue weighted by atomic mass is 9.91. The molecule has 0 aliphatic carbocycles. The topological polar surface area (TPSA) is 66.9 Å². The van der Waals surface area contributed by atoms with Gasteiger partial charge in [-0.15, -0.1) is 0 Å². The Morgan fingerprint density at radius 1 is 0.929 bits per heavy atom. The average Bonchev–Trinajstić information content (AvgIpc) is 2.73. The maximum atomic E-state index is 12.9. The SMILES string of the molecule is CCOC(=O)C1CCN(C(=O)C2CCN(C(=O)c3ccccc3C)CC2)CC1. The minimum Gasteiger partial charge on any atom is -0.466 e. The van der Waals surface area contributed by atoms with Crippen molar-refractivity contribution in [3.8, 4) is 0 Å². The Kier molecular flexibility index (Phi) is 6.70. The zero-order valence-corrected chi connectivity index (χ0v) is 16.9. The fraction of sp³-hybridized carbons (Fsp3) is 0.591. The molecule has 0 spiro atoms. The Bertz CT molecular complexity index is 717. The van der Waals surface area contributed by atoms with Crippen LogP contribution in [0.3, 0.4) is 0 Å². The predicted octanol–water partition coefficient (Wildman–Crippen LogP) is 2.65. The number of likely N-dealkylation sites (tertiary alicyclic amines) is 2. The first-order valence-electron chi connectivity index (χ1n) is 10.3. The Hall–Kier alpha value is -2.37. The van der Waals surface area contributed by atoms with E-state index in [1.165, 1.54) is 0 Å². The van der Waals surface area contributed by atoms with E-state index in [2.05, 4.69) is 0 Å². The van der Waals surface area contributed by atoms with Crippen molar-refractivity contribution in [3.63, 3.8) is 0 Å². The summed E-state index contributed by atoms with van der Waals surface area (Å²) in [6.45, 7) is 6.62. The van der Waals surface area contributed by atoms with Gasteiger partial charge >= 0.3 is 5.97 Å². The maximum Gasteiger partial charge on any atom is 0.309 e. The summed E-state index contributed by atoms with van der Waals surface area (Å²) in [6.07, 6.45) is 2.76. The molecule has 0 atom stereocenters. The van der Waals surface area contributed by atoms with Crippen LogP contribution in [0.5, 0.6) is 0 Å². The highest BCUT2D eigenvalue weighted by Gasteiger charge is 2.34. The summed E-state index contributed by atoms with van der Waals surface area (Å²) in [6, 6.07) is 7.63. The Balaban J connectivity index is 1.49. The number of aryl methyl sites for hydroxylation is 1. The standard InChI is InChI=1S/C22H30N2O4/c1-3-28-22(27)18-10-14-23(15-11-18)20(25)17-8-12-24(13-9-17)21(26)19-7-5-4-6-16(19)2/h4-7,17-18H,3,8-15H2,1-2H3. The van der Waals surface area contributed by atoms with Crippen LogP contribution in [-0.4, -0.2) is 60.4 Å². The number of piperidine rings is 2. The normalized spacial score (nSPS) is 18.8. The molecule has 2 heterocycles. The molecule has 6 heteroatoms. The van der Waals surface area contributed by atoms with Crippen molar-refractivity contribution in [1.29, 1.82) is 0 Å². The van der Waals surface area contributed by atoms with Crippen molar-refractivity contribution < 1.29 is 19.1 Å². The molecule has 2 aliphatic heterocycles. The Morgan fingerprint density at radius 3 is 2.11 bits per heavy atom. The summed E-state index contributed by atoms with van der Waals surface area (Å²) in [5.41, 5.74) is 1.73. The monoisotopic (exact) mass is 386 g/mol. The number of hydrogen-bond donors (Lipinski definition) is 0.